The molecule has 0 saturated carbocycles. The number of hydrogen-bond acceptors (Lipinski definition) is 3. The van der Waals surface area contributed by atoms with Gasteiger partial charge in [-0.15, -0.1) is 0 Å². The van der Waals surface area contributed by atoms with Gasteiger partial charge in [-0.2, -0.15) is 0 Å². The van der Waals surface area contributed by atoms with Gasteiger partial charge in [-0.05, 0) is 45.1 Å². The molecule has 3 nitrogen and oxygen atoms in total. The van der Waals surface area contributed by atoms with Gasteiger partial charge in [0.2, 0.25) is 0 Å². The summed E-state index contributed by atoms with van der Waals surface area (Å²) in [6, 6.07) is 0. The Morgan fingerprint density at radius 3 is 2.88 bits per heavy atom. The lowest BCUT2D eigenvalue weighted by Gasteiger charge is -2.30. The zero-order valence-corrected chi connectivity index (χ0v) is 11.6. The molecule has 0 aliphatic carbocycles. The molecule has 0 spiro atoms. The summed E-state index contributed by atoms with van der Waals surface area (Å²) in [4.78, 5) is 2.58. The predicted molar refractivity (Wildman–Crippen MR) is 67.8 cm³/mol. The quantitative estimate of drug-likeness (QED) is 0.710. The van der Waals surface area contributed by atoms with E-state index in [0.29, 0.717) is 5.92 Å². The highest BCUT2D eigenvalue weighted by atomic mass is 31.2. The normalized spacial score (nSPS) is 35.6. The molecule has 94 valence electrons. The van der Waals surface area contributed by atoms with Crippen LogP contribution in [-0.4, -0.2) is 56.7 Å². The zero-order valence-electron chi connectivity index (χ0n) is 10.7. The van der Waals surface area contributed by atoms with Crippen molar-refractivity contribution < 1.29 is 9.30 Å². The highest BCUT2D eigenvalue weighted by molar-refractivity contribution is 7.62. The Morgan fingerprint density at radius 1 is 1.50 bits per heavy atom. The second-order valence-electron chi connectivity index (χ2n) is 6.03. The van der Waals surface area contributed by atoms with Crippen molar-refractivity contribution in [2.24, 2.45) is 5.92 Å². The Kier molecular flexibility index (Phi) is 3.49. The Labute approximate surface area is 98.9 Å². The fourth-order valence-electron chi connectivity index (χ4n) is 3.66. The second kappa shape index (κ2) is 4.44. The van der Waals surface area contributed by atoms with Crippen molar-refractivity contribution in [1.29, 1.82) is 0 Å². The van der Waals surface area contributed by atoms with Gasteiger partial charge in [-0.1, -0.05) is 0 Å². The molecule has 0 radical (unpaired) electrons. The molecule has 2 rings (SSSR count). The number of hydrogen-bond donors (Lipinski definition) is 0. The van der Waals surface area contributed by atoms with E-state index in [2.05, 4.69) is 4.90 Å². The van der Waals surface area contributed by atoms with Crippen LogP contribution < -0.4 is 0 Å². The van der Waals surface area contributed by atoms with Crippen molar-refractivity contribution >= 4 is 7.14 Å². The SMILES string of the molecule is COCC12CCCN1CC(CP(C)(C)=O)C2. The van der Waals surface area contributed by atoms with Crippen molar-refractivity contribution in [2.45, 2.75) is 24.8 Å². The van der Waals surface area contributed by atoms with E-state index in [9.17, 15) is 4.57 Å². The largest absolute Gasteiger partial charge is 0.383 e. The van der Waals surface area contributed by atoms with E-state index in [1.54, 1.807) is 7.11 Å². The second-order valence-corrected chi connectivity index (χ2v) is 9.55. The van der Waals surface area contributed by atoms with Crippen LogP contribution >= 0.6 is 7.14 Å². The minimum absolute atomic E-state index is 0.286. The molecule has 0 bridgehead atoms. The van der Waals surface area contributed by atoms with Gasteiger partial charge in [0.1, 0.15) is 0 Å². The number of methoxy groups -OCH3 is 1. The first kappa shape index (κ1) is 12.6. The number of nitrogens with zero attached hydrogens (tertiary/aromatic N) is 1. The molecule has 16 heavy (non-hydrogen) atoms. The summed E-state index contributed by atoms with van der Waals surface area (Å²) in [7, 11) is -0.0758. The zero-order chi connectivity index (χ0) is 11.8. The van der Waals surface area contributed by atoms with Crippen LogP contribution in [0.4, 0.5) is 0 Å². The third kappa shape index (κ3) is 2.52. The summed E-state index contributed by atoms with van der Waals surface area (Å²) in [5.74, 6) is 0.622. The van der Waals surface area contributed by atoms with E-state index in [1.807, 2.05) is 13.3 Å². The molecule has 0 amide bonds. The van der Waals surface area contributed by atoms with Crippen LogP contribution in [0.3, 0.4) is 0 Å². The van der Waals surface area contributed by atoms with Crippen LogP contribution in [0.1, 0.15) is 19.3 Å². The van der Waals surface area contributed by atoms with Crippen LogP contribution in [-0.2, 0) is 9.30 Å². The fraction of sp³-hybridized carbons (Fsp3) is 1.00. The molecule has 2 saturated heterocycles. The molecule has 2 atom stereocenters. The Balaban J connectivity index is 2.02. The van der Waals surface area contributed by atoms with E-state index < -0.39 is 7.14 Å². The monoisotopic (exact) mass is 245 g/mol. The number of fused-ring (bicyclic) bond motifs is 1. The van der Waals surface area contributed by atoms with Gasteiger partial charge in [-0.25, -0.2) is 0 Å². The summed E-state index contributed by atoms with van der Waals surface area (Å²) in [6.45, 7) is 7.02. The van der Waals surface area contributed by atoms with Gasteiger partial charge in [0.15, 0.2) is 0 Å². The molecule has 2 aliphatic rings. The maximum Gasteiger partial charge on any atom is 0.0822 e. The first-order chi connectivity index (χ1) is 7.45. The van der Waals surface area contributed by atoms with Gasteiger partial charge in [0.25, 0.3) is 0 Å². The smallest absolute Gasteiger partial charge is 0.0822 e. The molecule has 2 unspecified atom stereocenters. The van der Waals surface area contributed by atoms with E-state index in [0.717, 1.165) is 19.3 Å². The van der Waals surface area contributed by atoms with E-state index >= 15 is 0 Å². The summed E-state index contributed by atoms with van der Waals surface area (Å²) < 4.78 is 17.3. The molecule has 2 aliphatic heterocycles. The summed E-state index contributed by atoms with van der Waals surface area (Å²) >= 11 is 0. The van der Waals surface area contributed by atoms with Gasteiger partial charge >= 0.3 is 0 Å². The first-order valence-electron chi connectivity index (χ1n) is 6.23. The molecule has 2 heterocycles. The van der Waals surface area contributed by atoms with E-state index in [4.69, 9.17) is 4.74 Å². The third-order valence-electron chi connectivity index (χ3n) is 4.00. The Bertz CT molecular complexity index is 301. The van der Waals surface area contributed by atoms with Crippen molar-refractivity contribution in [2.75, 3.05) is 46.3 Å². The first-order valence-corrected chi connectivity index (χ1v) is 9.02. The van der Waals surface area contributed by atoms with Crippen molar-refractivity contribution in [3.8, 4) is 0 Å². The van der Waals surface area contributed by atoms with Gasteiger partial charge in [0, 0.05) is 25.4 Å². The van der Waals surface area contributed by atoms with E-state index in [1.165, 1.54) is 25.8 Å². The Hall–Kier alpha value is 0.150. The minimum Gasteiger partial charge on any atom is -0.383 e. The van der Waals surface area contributed by atoms with Gasteiger partial charge in [-0.3, -0.25) is 4.90 Å². The molecule has 0 aromatic rings. The average molecular weight is 245 g/mol. The average Bonchev–Trinajstić information content (AvgIpc) is 2.57. The topological polar surface area (TPSA) is 29.5 Å². The van der Waals surface area contributed by atoms with Crippen LogP contribution in [0, 0.1) is 5.92 Å². The maximum absolute atomic E-state index is 11.9. The molecule has 2 fully saturated rings. The Morgan fingerprint density at radius 2 is 2.25 bits per heavy atom. The van der Waals surface area contributed by atoms with Crippen LogP contribution in [0.5, 0.6) is 0 Å². The van der Waals surface area contributed by atoms with Crippen LogP contribution in [0.25, 0.3) is 0 Å². The van der Waals surface area contributed by atoms with Crippen LogP contribution in [0.2, 0.25) is 0 Å². The number of rotatable bonds is 4. The fourth-order valence-corrected chi connectivity index (χ4v) is 5.15. The molecule has 0 aromatic carbocycles. The highest BCUT2D eigenvalue weighted by Gasteiger charge is 2.48. The number of ether oxygens (including phenoxy) is 1. The standard InChI is InChI=1S/C12H24NO2P/c1-15-10-12-5-4-6-13(12)8-11(7-12)9-16(2,3)14/h11H,4-10H2,1-3H3. The summed E-state index contributed by atoms with van der Waals surface area (Å²) in [5, 5.41) is 0. The third-order valence-corrected chi connectivity index (χ3v) is 5.39. The van der Waals surface area contributed by atoms with Crippen molar-refractivity contribution in [1.82, 2.24) is 4.90 Å². The van der Waals surface area contributed by atoms with Gasteiger partial charge < -0.3 is 9.30 Å². The van der Waals surface area contributed by atoms with Crippen LogP contribution in [0.15, 0.2) is 0 Å². The lowest BCUT2D eigenvalue weighted by atomic mass is 9.91. The minimum atomic E-state index is -1.87. The lowest BCUT2D eigenvalue weighted by molar-refractivity contribution is 0.0654. The summed E-state index contributed by atoms with van der Waals surface area (Å²) in [5.41, 5.74) is 0.286. The molecule has 0 aromatic heterocycles. The van der Waals surface area contributed by atoms with E-state index in [-0.39, 0.29) is 5.54 Å². The molecule has 0 N–H and O–H groups in total. The lowest BCUT2D eigenvalue weighted by Crippen LogP contribution is -2.42. The molecule has 4 heteroatoms. The summed E-state index contributed by atoms with van der Waals surface area (Å²) in [6.07, 6.45) is 4.66. The maximum atomic E-state index is 11.9. The van der Waals surface area contributed by atoms with Crippen molar-refractivity contribution in [3.05, 3.63) is 0 Å². The van der Waals surface area contributed by atoms with Gasteiger partial charge in [0.05, 0.1) is 13.7 Å². The molecular formula is C12H24NO2P. The molecular weight excluding hydrogens is 221 g/mol. The predicted octanol–water partition coefficient (Wildman–Crippen LogP) is 2.11. The highest BCUT2D eigenvalue weighted by Crippen LogP contribution is 2.47. The van der Waals surface area contributed by atoms with Crippen molar-refractivity contribution in [3.63, 3.8) is 0 Å².